The highest BCUT2D eigenvalue weighted by atomic mass is 19.4. The summed E-state index contributed by atoms with van der Waals surface area (Å²) in [6.45, 7) is 11.3. The van der Waals surface area contributed by atoms with Crippen LogP contribution in [0.1, 0.15) is 56.5 Å². The molecule has 0 aliphatic carbocycles. The van der Waals surface area contributed by atoms with E-state index in [2.05, 4.69) is 20.2 Å². The molecule has 6 rings (SSSR count). The van der Waals surface area contributed by atoms with Crippen LogP contribution < -0.4 is 15.0 Å². The minimum absolute atomic E-state index is 0.0217. The average molecular weight is 593 g/mol. The first kappa shape index (κ1) is 30.1. The van der Waals surface area contributed by atoms with E-state index in [0.717, 1.165) is 37.2 Å². The lowest BCUT2D eigenvalue weighted by Gasteiger charge is -2.36. The third-order valence-electron chi connectivity index (χ3n) is 7.50. The number of fused-ring (bicyclic) bond motifs is 2. The van der Waals surface area contributed by atoms with Crippen molar-refractivity contribution in [2.45, 2.75) is 57.9 Å². The maximum atomic E-state index is 13.8. The zero-order valence-corrected chi connectivity index (χ0v) is 24.6. The van der Waals surface area contributed by atoms with E-state index in [-0.39, 0.29) is 35.7 Å². The zero-order valence-electron chi connectivity index (χ0n) is 24.6. The Labute approximate surface area is 244 Å². The van der Waals surface area contributed by atoms with Crippen molar-refractivity contribution in [3.05, 3.63) is 35.3 Å². The summed E-state index contributed by atoms with van der Waals surface area (Å²) in [4.78, 5) is 25.7. The number of nitrogens with one attached hydrogen (secondary N) is 1. The molecule has 0 saturated carbocycles. The largest absolute Gasteiger partial charge is 0.484 e. The molecule has 0 aromatic carbocycles. The molecule has 2 aromatic heterocycles. The molecular formula is C29H39F3N6O4. The second kappa shape index (κ2) is 12.1. The van der Waals surface area contributed by atoms with Gasteiger partial charge in [0, 0.05) is 62.8 Å². The van der Waals surface area contributed by atoms with Gasteiger partial charge in [-0.3, -0.25) is 0 Å². The number of rotatable bonds is 2. The highest BCUT2D eigenvalue weighted by Crippen LogP contribution is 2.45. The predicted molar refractivity (Wildman–Crippen MR) is 151 cm³/mol. The summed E-state index contributed by atoms with van der Waals surface area (Å²) < 4.78 is 57.8. The quantitative estimate of drug-likeness (QED) is 0.517. The van der Waals surface area contributed by atoms with E-state index in [9.17, 15) is 18.0 Å². The van der Waals surface area contributed by atoms with E-state index in [1.54, 1.807) is 17.2 Å². The highest BCUT2D eigenvalue weighted by Gasteiger charge is 2.41. The Morgan fingerprint density at radius 3 is 2.40 bits per heavy atom. The van der Waals surface area contributed by atoms with Gasteiger partial charge in [-0.05, 0) is 52.8 Å². The Morgan fingerprint density at radius 1 is 1.10 bits per heavy atom. The van der Waals surface area contributed by atoms with Crippen molar-refractivity contribution >= 4 is 23.3 Å². The van der Waals surface area contributed by atoms with E-state index >= 15 is 0 Å². The number of nitrogens with zero attached hydrogens (tertiary/aromatic N) is 5. The third-order valence-corrected chi connectivity index (χ3v) is 7.50. The summed E-state index contributed by atoms with van der Waals surface area (Å²) in [6.07, 6.45) is -0.901. The number of ether oxygens (including phenoxy) is 3. The Balaban J connectivity index is 0.000000248. The van der Waals surface area contributed by atoms with Gasteiger partial charge in [-0.2, -0.15) is 13.2 Å². The Morgan fingerprint density at radius 2 is 1.79 bits per heavy atom. The van der Waals surface area contributed by atoms with Crippen LogP contribution in [0.4, 0.5) is 35.2 Å². The van der Waals surface area contributed by atoms with Crippen molar-refractivity contribution in [2.75, 3.05) is 69.7 Å². The van der Waals surface area contributed by atoms with Gasteiger partial charge in [-0.1, -0.05) is 0 Å². The van der Waals surface area contributed by atoms with Crippen LogP contribution in [0.2, 0.25) is 0 Å². The van der Waals surface area contributed by atoms with Gasteiger partial charge in [-0.25, -0.2) is 14.8 Å². The zero-order chi connectivity index (χ0) is 30.1. The molecule has 4 aliphatic rings. The van der Waals surface area contributed by atoms with Gasteiger partial charge in [0.2, 0.25) is 0 Å². The number of carbonyl (C=O) groups excluding carboxylic acids is 1. The second-order valence-corrected chi connectivity index (χ2v) is 12.0. The molecule has 0 atom stereocenters. The van der Waals surface area contributed by atoms with Crippen LogP contribution in [-0.4, -0.2) is 91.0 Å². The number of likely N-dealkylation sites (tertiary alicyclic amines) is 2. The minimum Gasteiger partial charge on any atom is -0.484 e. The monoisotopic (exact) mass is 592 g/mol. The number of amides is 1. The van der Waals surface area contributed by atoms with Crippen molar-refractivity contribution < 1.29 is 32.2 Å². The number of anilines is 3. The first-order chi connectivity index (χ1) is 19.9. The molecule has 3 saturated heterocycles. The minimum atomic E-state index is -4.62. The van der Waals surface area contributed by atoms with Gasteiger partial charge in [0.05, 0.1) is 24.5 Å². The maximum Gasteiger partial charge on any atom is 0.437 e. The molecule has 1 amide bonds. The fourth-order valence-corrected chi connectivity index (χ4v) is 5.41. The first-order valence-electron chi connectivity index (χ1n) is 14.4. The molecule has 10 nitrogen and oxygen atoms in total. The number of morpholine rings is 1. The van der Waals surface area contributed by atoms with Gasteiger partial charge in [-0.15, -0.1) is 0 Å². The van der Waals surface area contributed by atoms with Gasteiger partial charge in [0.15, 0.2) is 11.4 Å². The predicted octanol–water partition coefficient (Wildman–Crippen LogP) is 5.01. The fraction of sp³-hybridized carbons (Fsp3) is 0.621. The summed E-state index contributed by atoms with van der Waals surface area (Å²) in [5, 5.41) is 3.10. The molecule has 13 heteroatoms. The van der Waals surface area contributed by atoms with Crippen LogP contribution in [0, 0.1) is 0 Å². The Kier molecular flexibility index (Phi) is 8.70. The van der Waals surface area contributed by atoms with E-state index < -0.39 is 11.9 Å². The summed E-state index contributed by atoms with van der Waals surface area (Å²) in [5.74, 6) is 0.206. The standard InChI is InChI=1S/C20H22F3N5O2.C9H17NO2/c1-27-9-12(10-27)14-8-15-17(18(25-14)20(21,22)23)30-11-13-16(2-3-24-19(13)26-15)28-4-6-29-7-5-28;1-9(2,3)12-8(11)10-6-4-5-7-10/h2-3,8,12H,4-7,9-11H2,1H3,(H,24,26);4-7H2,1-3H3. The molecule has 3 fully saturated rings. The van der Waals surface area contributed by atoms with Gasteiger partial charge in [0.25, 0.3) is 0 Å². The van der Waals surface area contributed by atoms with Crippen LogP contribution in [-0.2, 0) is 22.3 Å². The van der Waals surface area contributed by atoms with Crippen LogP contribution in [0.5, 0.6) is 5.75 Å². The van der Waals surface area contributed by atoms with Crippen LogP contribution in [0.15, 0.2) is 18.3 Å². The SMILES string of the molecule is CC(C)(C)OC(=O)N1CCCC1.CN1CC(c2cc3c(c(C(F)(F)F)n2)OCc2c(N4CCOCC4)ccnc2N3)C1. The van der Waals surface area contributed by atoms with Gasteiger partial charge < -0.3 is 34.2 Å². The molecule has 230 valence electrons. The van der Waals surface area contributed by atoms with E-state index in [1.807, 2.05) is 38.8 Å². The first-order valence-corrected chi connectivity index (χ1v) is 14.4. The maximum absolute atomic E-state index is 13.8. The Bertz CT molecular complexity index is 1270. The number of hydrogen-bond acceptors (Lipinski definition) is 9. The molecular weight excluding hydrogens is 553 g/mol. The smallest absolute Gasteiger partial charge is 0.437 e. The van der Waals surface area contributed by atoms with Crippen molar-refractivity contribution in [3.63, 3.8) is 0 Å². The summed E-state index contributed by atoms with van der Waals surface area (Å²) in [5.41, 5.74) is 0.951. The second-order valence-electron chi connectivity index (χ2n) is 12.0. The van der Waals surface area contributed by atoms with Gasteiger partial charge in [0.1, 0.15) is 18.0 Å². The molecule has 4 aliphatic heterocycles. The number of hydrogen-bond donors (Lipinski definition) is 1. The van der Waals surface area contributed by atoms with E-state index in [4.69, 9.17) is 14.2 Å². The molecule has 2 aromatic rings. The molecule has 6 heterocycles. The lowest BCUT2D eigenvalue weighted by atomic mass is 9.95. The summed E-state index contributed by atoms with van der Waals surface area (Å²) in [7, 11) is 1.93. The number of halogens is 3. The molecule has 0 radical (unpaired) electrons. The number of aromatic nitrogens is 2. The van der Waals surface area contributed by atoms with Crippen LogP contribution in [0.3, 0.4) is 0 Å². The molecule has 0 bridgehead atoms. The normalized spacial score (nSPS) is 19.3. The van der Waals surface area contributed by atoms with E-state index in [0.29, 0.717) is 50.9 Å². The number of alkyl halides is 3. The topological polar surface area (TPSA) is 92.3 Å². The molecule has 1 N–H and O–H groups in total. The fourth-order valence-electron chi connectivity index (χ4n) is 5.41. The highest BCUT2D eigenvalue weighted by molar-refractivity contribution is 5.74. The lowest BCUT2D eigenvalue weighted by molar-refractivity contribution is -0.142. The summed E-state index contributed by atoms with van der Waals surface area (Å²) >= 11 is 0. The third kappa shape index (κ3) is 7.00. The number of pyridine rings is 2. The number of likely N-dealkylation sites (N-methyl/N-ethyl adjacent to an activating group) is 1. The van der Waals surface area contributed by atoms with Crippen LogP contribution >= 0.6 is 0 Å². The van der Waals surface area contributed by atoms with Crippen molar-refractivity contribution in [1.29, 1.82) is 0 Å². The van der Waals surface area contributed by atoms with Crippen LogP contribution in [0.25, 0.3) is 0 Å². The van der Waals surface area contributed by atoms with Crippen molar-refractivity contribution in [1.82, 2.24) is 19.8 Å². The lowest BCUT2D eigenvalue weighted by Crippen LogP contribution is -2.42. The average Bonchev–Trinajstić information content (AvgIpc) is 3.39. The molecule has 0 unspecified atom stereocenters. The number of carbonyl (C=O) groups is 1. The molecule has 0 spiro atoms. The summed E-state index contributed by atoms with van der Waals surface area (Å²) in [6, 6.07) is 3.53. The van der Waals surface area contributed by atoms with Crippen molar-refractivity contribution in [2.24, 2.45) is 0 Å². The Hall–Kier alpha value is -3.32. The molecule has 42 heavy (non-hydrogen) atoms. The van der Waals surface area contributed by atoms with Gasteiger partial charge >= 0.3 is 12.3 Å². The van der Waals surface area contributed by atoms with Crippen molar-refractivity contribution in [3.8, 4) is 5.75 Å². The van der Waals surface area contributed by atoms with E-state index in [1.165, 1.54) is 0 Å².